The average molecular weight is 398 g/mol. The lowest BCUT2D eigenvalue weighted by atomic mass is 10.0. The van der Waals surface area contributed by atoms with E-state index in [1.165, 1.54) is 11.0 Å². The molecule has 3 aromatic rings. The number of carbonyl (C=O) groups is 3. The van der Waals surface area contributed by atoms with Gasteiger partial charge in [-0.05, 0) is 50.6 Å². The van der Waals surface area contributed by atoms with E-state index in [9.17, 15) is 14.4 Å². The zero-order valence-corrected chi connectivity index (χ0v) is 17.1. The fourth-order valence-corrected chi connectivity index (χ4v) is 3.54. The summed E-state index contributed by atoms with van der Waals surface area (Å²) < 4.78 is 0. The van der Waals surface area contributed by atoms with E-state index in [1.807, 2.05) is 63.2 Å². The second-order valence-corrected chi connectivity index (χ2v) is 8.29. The molecule has 3 amide bonds. The zero-order valence-electron chi connectivity index (χ0n) is 17.1. The van der Waals surface area contributed by atoms with Crippen LogP contribution in [0.2, 0.25) is 0 Å². The van der Waals surface area contributed by atoms with E-state index < -0.39 is 11.4 Å². The van der Waals surface area contributed by atoms with Crippen LogP contribution in [-0.2, 0) is 0 Å². The van der Waals surface area contributed by atoms with Crippen molar-refractivity contribution in [2.75, 3.05) is 4.90 Å². The third-order valence-electron chi connectivity index (χ3n) is 4.87. The van der Waals surface area contributed by atoms with Gasteiger partial charge in [-0.3, -0.25) is 14.4 Å². The third kappa shape index (κ3) is 3.50. The van der Waals surface area contributed by atoms with Crippen molar-refractivity contribution < 1.29 is 14.4 Å². The predicted molar refractivity (Wildman–Crippen MR) is 117 cm³/mol. The predicted octanol–water partition coefficient (Wildman–Crippen LogP) is 4.68. The molecule has 1 aliphatic rings. The summed E-state index contributed by atoms with van der Waals surface area (Å²) in [5, 5.41) is 2.88. The maximum Gasteiger partial charge on any atom is 0.266 e. The molecule has 0 aliphatic carbocycles. The largest absolute Gasteiger partial charge is 0.347 e. The number of hydrogen-bond donors (Lipinski definition) is 1. The number of anilines is 1. The fraction of sp³-hybridized carbons (Fsp3) is 0.160. The van der Waals surface area contributed by atoms with E-state index in [2.05, 4.69) is 5.32 Å². The Labute approximate surface area is 175 Å². The van der Waals surface area contributed by atoms with Crippen molar-refractivity contribution >= 4 is 23.4 Å². The van der Waals surface area contributed by atoms with Crippen LogP contribution >= 0.6 is 0 Å². The number of amides is 3. The minimum absolute atomic E-state index is 0.240. The van der Waals surface area contributed by atoms with Crippen LogP contribution in [0.1, 0.15) is 51.8 Å². The summed E-state index contributed by atoms with van der Waals surface area (Å²) in [5.41, 5.74) is 2.71. The van der Waals surface area contributed by atoms with E-state index in [0.717, 1.165) is 11.1 Å². The summed E-state index contributed by atoms with van der Waals surface area (Å²) in [6, 6.07) is 21.6. The van der Waals surface area contributed by atoms with E-state index in [-0.39, 0.29) is 17.4 Å². The Hall–Kier alpha value is -3.73. The monoisotopic (exact) mass is 398 g/mol. The minimum atomic E-state index is -0.427. The van der Waals surface area contributed by atoms with Gasteiger partial charge in [0.15, 0.2) is 0 Å². The first kappa shape index (κ1) is 19.6. The van der Waals surface area contributed by atoms with Crippen molar-refractivity contribution in [2.45, 2.75) is 26.3 Å². The van der Waals surface area contributed by atoms with Crippen LogP contribution in [0, 0.1) is 0 Å². The molecule has 0 fully saturated rings. The second kappa shape index (κ2) is 7.26. The van der Waals surface area contributed by atoms with Gasteiger partial charge in [-0.15, -0.1) is 0 Å². The first-order valence-corrected chi connectivity index (χ1v) is 9.76. The molecule has 0 bridgehead atoms. The highest BCUT2D eigenvalue weighted by atomic mass is 16.2. The average Bonchev–Trinajstić information content (AvgIpc) is 2.97. The molecule has 3 aromatic carbocycles. The van der Waals surface area contributed by atoms with Gasteiger partial charge in [0, 0.05) is 16.7 Å². The SMILES string of the molecule is CC(C)(C)NC(=O)c1ccc2c(c1)C(=O)N(c1ccccc1-c1ccccc1)C2=O. The Balaban J connectivity index is 1.74. The lowest BCUT2D eigenvalue weighted by Crippen LogP contribution is -2.40. The lowest BCUT2D eigenvalue weighted by Gasteiger charge is -2.20. The Kier molecular flexibility index (Phi) is 4.74. The van der Waals surface area contributed by atoms with E-state index in [4.69, 9.17) is 0 Å². The van der Waals surface area contributed by atoms with Gasteiger partial charge in [0.1, 0.15) is 0 Å². The van der Waals surface area contributed by atoms with Crippen LogP contribution in [0.3, 0.4) is 0 Å². The molecule has 5 nitrogen and oxygen atoms in total. The van der Waals surface area contributed by atoms with Crippen molar-refractivity contribution in [1.82, 2.24) is 5.32 Å². The summed E-state index contributed by atoms with van der Waals surface area (Å²) in [6.07, 6.45) is 0. The number of imide groups is 1. The maximum absolute atomic E-state index is 13.2. The van der Waals surface area contributed by atoms with Gasteiger partial charge < -0.3 is 5.32 Å². The van der Waals surface area contributed by atoms with Gasteiger partial charge in [0.25, 0.3) is 17.7 Å². The van der Waals surface area contributed by atoms with Crippen LogP contribution in [0.15, 0.2) is 72.8 Å². The first-order chi connectivity index (χ1) is 14.3. The number of carbonyl (C=O) groups excluding carboxylic acids is 3. The van der Waals surface area contributed by atoms with Gasteiger partial charge in [-0.25, -0.2) is 4.90 Å². The number of nitrogens with one attached hydrogen (secondary N) is 1. The number of para-hydroxylation sites is 1. The number of hydrogen-bond acceptors (Lipinski definition) is 3. The van der Waals surface area contributed by atoms with E-state index in [0.29, 0.717) is 16.8 Å². The molecule has 0 radical (unpaired) electrons. The molecule has 5 heteroatoms. The molecule has 0 spiro atoms. The zero-order chi connectivity index (χ0) is 21.5. The van der Waals surface area contributed by atoms with E-state index in [1.54, 1.807) is 24.3 Å². The molecule has 4 rings (SSSR count). The Morgan fingerprint density at radius 1 is 0.767 bits per heavy atom. The van der Waals surface area contributed by atoms with Crippen LogP contribution < -0.4 is 10.2 Å². The molecule has 0 atom stereocenters. The molecule has 1 N–H and O–H groups in total. The van der Waals surface area contributed by atoms with Crippen LogP contribution in [-0.4, -0.2) is 23.3 Å². The molecular weight excluding hydrogens is 376 g/mol. The van der Waals surface area contributed by atoms with Crippen molar-refractivity contribution in [2.24, 2.45) is 0 Å². The highest BCUT2D eigenvalue weighted by molar-refractivity contribution is 6.35. The summed E-state index contributed by atoms with van der Waals surface area (Å²) in [5.74, 6) is -1.10. The van der Waals surface area contributed by atoms with Crippen molar-refractivity contribution in [3.8, 4) is 11.1 Å². The summed E-state index contributed by atoms with van der Waals surface area (Å²) in [4.78, 5) is 40.0. The van der Waals surface area contributed by atoms with Gasteiger partial charge in [0.05, 0.1) is 16.8 Å². The molecule has 150 valence electrons. The van der Waals surface area contributed by atoms with Gasteiger partial charge in [0.2, 0.25) is 0 Å². The quantitative estimate of drug-likeness (QED) is 0.651. The standard InChI is InChI=1S/C25H22N2O3/c1-25(2,3)26-22(28)17-13-14-19-20(15-17)24(30)27(23(19)29)21-12-8-7-11-18(21)16-9-5-4-6-10-16/h4-15H,1-3H3,(H,26,28). The lowest BCUT2D eigenvalue weighted by molar-refractivity contribution is 0.0912. The third-order valence-corrected chi connectivity index (χ3v) is 4.87. The van der Waals surface area contributed by atoms with Crippen LogP contribution in [0.4, 0.5) is 5.69 Å². The molecule has 0 unspecified atom stereocenters. The van der Waals surface area contributed by atoms with Gasteiger partial charge in [-0.2, -0.15) is 0 Å². The van der Waals surface area contributed by atoms with Gasteiger partial charge in [-0.1, -0.05) is 48.5 Å². The topological polar surface area (TPSA) is 66.5 Å². The second-order valence-electron chi connectivity index (χ2n) is 8.29. The Morgan fingerprint density at radius 2 is 1.40 bits per heavy atom. The molecule has 0 saturated carbocycles. The first-order valence-electron chi connectivity index (χ1n) is 9.76. The fourth-order valence-electron chi connectivity index (χ4n) is 3.54. The molecule has 0 aromatic heterocycles. The highest BCUT2D eigenvalue weighted by Gasteiger charge is 2.38. The molecular formula is C25H22N2O3. The molecule has 30 heavy (non-hydrogen) atoms. The molecule has 0 saturated heterocycles. The summed E-state index contributed by atoms with van der Waals surface area (Å²) in [6.45, 7) is 5.65. The van der Waals surface area contributed by atoms with Gasteiger partial charge >= 0.3 is 0 Å². The minimum Gasteiger partial charge on any atom is -0.347 e. The number of benzene rings is 3. The normalized spacial score (nSPS) is 13.4. The Morgan fingerprint density at radius 3 is 2.10 bits per heavy atom. The smallest absolute Gasteiger partial charge is 0.266 e. The summed E-state index contributed by atoms with van der Waals surface area (Å²) >= 11 is 0. The Bertz CT molecular complexity index is 1160. The van der Waals surface area contributed by atoms with Crippen molar-refractivity contribution in [3.05, 3.63) is 89.5 Å². The highest BCUT2D eigenvalue weighted by Crippen LogP contribution is 2.36. The van der Waals surface area contributed by atoms with Crippen molar-refractivity contribution in [1.29, 1.82) is 0 Å². The number of fused-ring (bicyclic) bond motifs is 1. The van der Waals surface area contributed by atoms with Crippen LogP contribution in [0.25, 0.3) is 11.1 Å². The molecule has 1 aliphatic heterocycles. The molecule has 1 heterocycles. The number of nitrogens with zero attached hydrogens (tertiary/aromatic N) is 1. The van der Waals surface area contributed by atoms with Crippen LogP contribution in [0.5, 0.6) is 0 Å². The van der Waals surface area contributed by atoms with E-state index >= 15 is 0 Å². The van der Waals surface area contributed by atoms with Crippen molar-refractivity contribution in [3.63, 3.8) is 0 Å². The summed E-state index contributed by atoms with van der Waals surface area (Å²) in [7, 11) is 0. The number of rotatable bonds is 3. The maximum atomic E-state index is 13.2.